The molecule has 102 valence electrons. The monoisotopic (exact) mass is 293 g/mol. The first-order valence-electron chi connectivity index (χ1n) is 6.58. The average molecular weight is 294 g/mol. The highest BCUT2D eigenvalue weighted by Gasteiger charge is 2.14. The Morgan fingerprint density at radius 3 is 2.10 bits per heavy atom. The van der Waals surface area contributed by atoms with Gasteiger partial charge in [-0.15, -0.1) is 4.91 Å². The van der Waals surface area contributed by atoms with Gasteiger partial charge in [-0.1, -0.05) is 72.3 Å². The highest BCUT2D eigenvalue weighted by atomic mass is 35.5. The van der Waals surface area contributed by atoms with E-state index in [1.54, 1.807) is 18.2 Å². The van der Waals surface area contributed by atoms with Crippen molar-refractivity contribution in [1.82, 2.24) is 0 Å². The summed E-state index contributed by atoms with van der Waals surface area (Å²) < 4.78 is 0. The Hall–Kier alpha value is -2.45. The third-order valence-corrected chi connectivity index (χ3v) is 3.69. The van der Waals surface area contributed by atoms with Crippen LogP contribution in [0.3, 0.4) is 0 Å². The molecule has 0 aliphatic heterocycles. The van der Waals surface area contributed by atoms with Crippen LogP contribution in [0.2, 0.25) is 5.02 Å². The second kappa shape index (κ2) is 5.90. The molecule has 3 heteroatoms. The summed E-state index contributed by atoms with van der Waals surface area (Å²) in [4.78, 5) is 11.1. The van der Waals surface area contributed by atoms with Crippen LogP contribution < -0.4 is 0 Å². The van der Waals surface area contributed by atoms with Gasteiger partial charge in [0.2, 0.25) is 0 Å². The summed E-state index contributed by atoms with van der Waals surface area (Å²) in [5.41, 5.74) is 4.03. The summed E-state index contributed by atoms with van der Waals surface area (Å²) in [5, 5.41) is 3.63. The highest BCUT2D eigenvalue weighted by molar-refractivity contribution is 6.34. The van der Waals surface area contributed by atoms with Gasteiger partial charge in [-0.25, -0.2) is 0 Å². The Morgan fingerprint density at radius 2 is 1.38 bits per heavy atom. The van der Waals surface area contributed by atoms with Crippen LogP contribution >= 0.6 is 11.6 Å². The smallest absolute Gasteiger partial charge is 0.117 e. The zero-order valence-electron chi connectivity index (χ0n) is 11.2. The zero-order valence-corrected chi connectivity index (χ0v) is 11.9. The van der Waals surface area contributed by atoms with Gasteiger partial charge in [0.15, 0.2) is 0 Å². The number of benzene rings is 3. The van der Waals surface area contributed by atoms with Crippen molar-refractivity contribution in [1.29, 1.82) is 0 Å². The lowest BCUT2D eigenvalue weighted by Gasteiger charge is -2.12. The molecule has 2 nitrogen and oxygen atoms in total. The van der Waals surface area contributed by atoms with Crippen LogP contribution in [0.4, 0.5) is 5.69 Å². The topological polar surface area (TPSA) is 29.4 Å². The second-order valence-corrected chi connectivity index (χ2v) is 5.04. The maximum atomic E-state index is 11.1. The van der Waals surface area contributed by atoms with Gasteiger partial charge in [0.25, 0.3) is 0 Å². The fourth-order valence-corrected chi connectivity index (χ4v) is 2.70. The number of nitroso groups, excluding NO2 is 1. The normalized spacial score (nSPS) is 10.3. The minimum Gasteiger partial charge on any atom is -0.145 e. The molecule has 0 heterocycles. The molecule has 0 fully saturated rings. The molecule has 0 atom stereocenters. The van der Waals surface area contributed by atoms with Crippen LogP contribution in [0.5, 0.6) is 0 Å². The van der Waals surface area contributed by atoms with E-state index >= 15 is 0 Å². The molecule has 0 radical (unpaired) electrons. The minimum absolute atomic E-state index is 0.353. The number of nitrogens with zero attached hydrogens (tertiary/aromatic N) is 1. The minimum atomic E-state index is 0.353. The van der Waals surface area contributed by atoms with Crippen molar-refractivity contribution < 1.29 is 0 Å². The van der Waals surface area contributed by atoms with Crippen molar-refractivity contribution >= 4 is 17.3 Å². The van der Waals surface area contributed by atoms with Crippen LogP contribution in [-0.4, -0.2) is 0 Å². The molecule has 0 unspecified atom stereocenters. The molecule has 0 spiro atoms. The fourth-order valence-electron chi connectivity index (χ4n) is 2.43. The summed E-state index contributed by atoms with van der Waals surface area (Å²) in [6.07, 6.45) is 0. The Bertz CT molecular complexity index is 784. The standard InChI is InChI=1S/C18H12ClNO/c19-16-11-6-12-17(20-21)18(16)15-10-5-4-9-14(15)13-7-2-1-3-8-13/h1-12H. The molecule has 0 aliphatic rings. The Morgan fingerprint density at radius 1 is 0.714 bits per heavy atom. The van der Waals surface area contributed by atoms with Gasteiger partial charge in [0.1, 0.15) is 5.69 Å². The van der Waals surface area contributed by atoms with E-state index in [9.17, 15) is 4.91 Å². The lowest BCUT2D eigenvalue weighted by Crippen LogP contribution is -1.86. The molecule has 0 saturated heterocycles. The first-order valence-corrected chi connectivity index (χ1v) is 6.96. The maximum absolute atomic E-state index is 11.1. The van der Waals surface area contributed by atoms with E-state index in [2.05, 4.69) is 5.18 Å². The third-order valence-electron chi connectivity index (χ3n) is 3.37. The van der Waals surface area contributed by atoms with Gasteiger partial charge in [-0.3, -0.25) is 0 Å². The summed E-state index contributed by atoms with van der Waals surface area (Å²) in [6.45, 7) is 0. The first kappa shape index (κ1) is 13.5. The number of hydrogen-bond donors (Lipinski definition) is 0. The summed E-state index contributed by atoms with van der Waals surface area (Å²) >= 11 is 6.30. The average Bonchev–Trinajstić information content (AvgIpc) is 2.55. The first-order chi connectivity index (χ1) is 10.3. The second-order valence-electron chi connectivity index (χ2n) is 4.64. The molecule has 21 heavy (non-hydrogen) atoms. The maximum Gasteiger partial charge on any atom is 0.117 e. The van der Waals surface area contributed by atoms with Gasteiger partial charge in [-0.2, -0.15) is 0 Å². The lowest BCUT2D eigenvalue weighted by atomic mass is 9.94. The van der Waals surface area contributed by atoms with Crippen LogP contribution in [-0.2, 0) is 0 Å². The molecule has 0 amide bonds. The SMILES string of the molecule is O=Nc1cccc(Cl)c1-c1ccccc1-c1ccccc1. The van der Waals surface area contributed by atoms with Gasteiger partial charge >= 0.3 is 0 Å². The van der Waals surface area contributed by atoms with E-state index in [1.807, 2.05) is 54.6 Å². The van der Waals surface area contributed by atoms with E-state index in [0.717, 1.165) is 16.7 Å². The summed E-state index contributed by atoms with van der Waals surface area (Å²) in [7, 11) is 0. The Labute approximate surface area is 128 Å². The van der Waals surface area contributed by atoms with Crippen molar-refractivity contribution in [3.63, 3.8) is 0 Å². The summed E-state index contributed by atoms with van der Waals surface area (Å²) in [5.74, 6) is 0. The van der Waals surface area contributed by atoms with E-state index in [0.29, 0.717) is 16.3 Å². The van der Waals surface area contributed by atoms with E-state index in [4.69, 9.17) is 11.6 Å². The lowest BCUT2D eigenvalue weighted by molar-refractivity contribution is 1.48. The largest absolute Gasteiger partial charge is 0.145 e. The molecule has 3 rings (SSSR count). The molecule has 0 aliphatic carbocycles. The number of halogens is 1. The fraction of sp³-hybridized carbons (Fsp3) is 0. The van der Waals surface area contributed by atoms with Gasteiger partial charge in [-0.05, 0) is 34.0 Å². The predicted octanol–water partition coefficient (Wildman–Crippen LogP) is 6.07. The zero-order chi connectivity index (χ0) is 14.7. The predicted molar refractivity (Wildman–Crippen MR) is 87.8 cm³/mol. The third kappa shape index (κ3) is 2.58. The number of rotatable bonds is 3. The quantitative estimate of drug-likeness (QED) is 0.539. The van der Waals surface area contributed by atoms with Gasteiger partial charge in [0, 0.05) is 5.56 Å². The van der Waals surface area contributed by atoms with Crippen molar-refractivity contribution in [3.05, 3.63) is 82.7 Å². The molecule has 3 aromatic rings. The summed E-state index contributed by atoms with van der Waals surface area (Å²) in [6, 6.07) is 23.1. The molecule has 0 N–H and O–H groups in total. The van der Waals surface area contributed by atoms with E-state index in [-0.39, 0.29) is 0 Å². The molecular formula is C18H12ClNO. The van der Waals surface area contributed by atoms with Crippen molar-refractivity contribution in [2.45, 2.75) is 0 Å². The Kier molecular flexibility index (Phi) is 3.80. The van der Waals surface area contributed by atoms with Crippen LogP contribution in [0.15, 0.2) is 78.0 Å². The molecule has 0 bridgehead atoms. The van der Waals surface area contributed by atoms with Crippen LogP contribution in [0.25, 0.3) is 22.3 Å². The van der Waals surface area contributed by atoms with E-state index < -0.39 is 0 Å². The number of hydrogen-bond acceptors (Lipinski definition) is 2. The van der Waals surface area contributed by atoms with Gasteiger partial charge < -0.3 is 0 Å². The highest BCUT2D eigenvalue weighted by Crippen LogP contribution is 2.41. The van der Waals surface area contributed by atoms with Crippen molar-refractivity contribution in [2.75, 3.05) is 0 Å². The van der Waals surface area contributed by atoms with Crippen LogP contribution in [0, 0.1) is 4.91 Å². The Balaban J connectivity index is 2.28. The van der Waals surface area contributed by atoms with Gasteiger partial charge in [0.05, 0.1) is 5.02 Å². The molecular weight excluding hydrogens is 282 g/mol. The molecule has 3 aromatic carbocycles. The van der Waals surface area contributed by atoms with Crippen LogP contribution in [0.1, 0.15) is 0 Å². The van der Waals surface area contributed by atoms with E-state index in [1.165, 1.54) is 0 Å². The van der Waals surface area contributed by atoms with Crippen molar-refractivity contribution in [3.8, 4) is 22.3 Å². The molecule has 0 saturated carbocycles. The van der Waals surface area contributed by atoms with Crippen molar-refractivity contribution in [2.24, 2.45) is 5.18 Å². The molecule has 0 aromatic heterocycles.